The van der Waals surface area contributed by atoms with E-state index >= 15 is 0 Å². The van der Waals surface area contributed by atoms with Gasteiger partial charge in [-0.05, 0) is 25.1 Å². The number of aromatic nitrogens is 2. The minimum Gasteiger partial charge on any atom is -0.281 e. The van der Waals surface area contributed by atoms with E-state index in [1.165, 1.54) is 6.92 Å². The molecule has 21 heavy (non-hydrogen) atoms. The molecule has 0 saturated heterocycles. The summed E-state index contributed by atoms with van der Waals surface area (Å²) in [6.45, 7) is 1.47. The number of nitrogens with one attached hydrogen (secondary N) is 2. The zero-order valence-corrected chi connectivity index (χ0v) is 12.3. The fourth-order valence-electron chi connectivity index (χ4n) is 1.64. The van der Waals surface area contributed by atoms with Gasteiger partial charge >= 0.3 is 0 Å². The maximum Gasteiger partial charge on any atom is 0.265 e. The number of rotatable bonds is 4. The van der Waals surface area contributed by atoms with Crippen molar-refractivity contribution in [1.82, 2.24) is 10.2 Å². The fraction of sp³-hybridized carbons (Fsp3) is 0.100. The smallest absolute Gasteiger partial charge is 0.265 e. The summed E-state index contributed by atoms with van der Waals surface area (Å²) in [6.07, 6.45) is 1.05. The van der Waals surface area contributed by atoms with Crippen LogP contribution in [-0.4, -0.2) is 27.0 Å². The lowest BCUT2D eigenvalue weighted by Gasteiger charge is -2.11. The van der Waals surface area contributed by atoms with Gasteiger partial charge in [-0.15, -0.1) is 0 Å². The highest BCUT2D eigenvalue weighted by atomic mass is 32.2. The van der Waals surface area contributed by atoms with Crippen LogP contribution >= 0.6 is 0 Å². The first-order valence-corrected chi connectivity index (χ1v) is 8.49. The number of halogens is 1. The number of anilines is 1. The Morgan fingerprint density at radius 3 is 2.43 bits per heavy atom. The minimum atomic E-state index is -4.22. The van der Waals surface area contributed by atoms with Crippen LogP contribution in [0.2, 0.25) is 0 Å². The van der Waals surface area contributed by atoms with Gasteiger partial charge in [0.05, 0.1) is 17.6 Å². The van der Waals surface area contributed by atoms with Crippen molar-refractivity contribution in [2.45, 2.75) is 16.7 Å². The average Bonchev–Trinajstić information content (AvgIpc) is 2.74. The van der Waals surface area contributed by atoms with E-state index in [0.29, 0.717) is 0 Å². The van der Waals surface area contributed by atoms with Crippen LogP contribution in [0, 0.1) is 12.7 Å². The fourth-order valence-corrected chi connectivity index (χ4v) is 3.59. The van der Waals surface area contributed by atoms with Gasteiger partial charge in [-0.1, -0.05) is 0 Å². The first-order chi connectivity index (χ1) is 9.61. The van der Waals surface area contributed by atoms with Crippen molar-refractivity contribution >= 4 is 25.7 Å². The maximum atomic E-state index is 13.2. The Hall–Kier alpha value is -1.98. The number of benzene rings is 1. The second kappa shape index (κ2) is 5.09. The molecule has 0 fully saturated rings. The van der Waals surface area contributed by atoms with Gasteiger partial charge in [-0.2, -0.15) is 5.10 Å². The number of nitrogens with two attached hydrogens (primary N) is 1. The molecule has 0 aliphatic carbocycles. The number of primary sulfonamides is 1. The normalized spacial score (nSPS) is 12.3. The molecule has 0 spiro atoms. The zero-order valence-electron chi connectivity index (χ0n) is 10.7. The van der Waals surface area contributed by atoms with Crippen molar-refractivity contribution in [3.8, 4) is 0 Å². The van der Waals surface area contributed by atoms with Gasteiger partial charge < -0.3 is 0 Å². The highest BCUT2D eigenvalue weighted by molar-refractivity contribution is 7.93. The highest BCUT2D eigenvalue weighted by Gasteiger charge is 2.23. The molecule has 0 bridgehead atoms. The van der Waals surface area contributed by atoms with Gasteiger partial charge in [-0.25, -0.2) is 26.4 Å². The summed E-state index contributed by atoms with van der Waals surface area (Å²) in [5, 5.41) is 11.0. The number of aromatic amines is 1. The quantitative estimate of drug-likeness (QED) is 0.739. The molecule has 0 atom stereocenters. The topological polar surface area (TPSA) is 135 Å². The number of hydrogen-bond donors (Lipinski definition) is 3. The van der Waals surface area contributed by atoms with Crippen molar-refractivity contribution < 1.29 is 21.2 Å². The van der Waals surface area contributed by atoms with Gasteiger partial charge in [0.15, 0.2) is 0 Å². The van der Waals surface area contributed by atoms with E-state index in [4.69, 9.17) is 5.14 Å². The van der Waals surface area contributed by atoms with Crippen molar-refractivity contribution in [3.63, 3.8) is 0 Å². The first kappa shape index (κ1) is 15.4. The van der Waals surface area contributed by atoms with Crippen molar-refractivity contribution in [1.29, 1.82) is 0 Å². The molecule has 4 N–H and O–H groups in total. The summed E-state index contributed by atoms with van der Waals surface area (Å²) in [5.74, 6) is -0.816. The number of aryl methyl sites for hydroxylation is 1. The van der Waals surface area contributed by atoms with Crippen LogP contribution in [0.1, 0.15) is 5.69 Å². The second-order valence-electron chi connectivity index (χ2n) is 4.15. The SMILES string of the molecule is Cc1[nH]ncc1S(=O)(=O)Nc1cc(F)ccc1S(N)(=O)=O. The highest BCUT2D eigenvalue weighted by Crippen LogP contribution is 2.24. The van der Waals surface area contributed by atoms with Gasteiger partial charge in [-0.3, -0.25) is 9.82 Å². The Morgan fingerprint density at radius 1 is 1.24 bits per heavy atom. The number of nitrogens with zero attached hydrogens (tertiary/aromatic N) is 1. The Labute approximate surface area is 120 Å². The van der Waals surface area contributed by atoms with Crippen LogP contribution in [0.4, 0.5) is 10.1 Å². The van der Waals surface area contributed by atoms with Gasteiger partial charge in [0.1, 0.15) is 15.6 Å². The molecule has 1 heterocycles. The summed E-state index contributed by atoms with van der Waals surface area (Å²) in [4.78, 5) is -0.722. The standard InChI is InChI=1S/C10H11FN4O4S2/c1-6-10(5-13-14-6)21(18,19)15-8-4-7(11)2-3-9(8)20(12,16)17/h2-5,15H,1H3,(H,13,14)(H2,12,16,17). The van der Waals surface area contributed by atoms with Gasteiger partial charge in [0.2, 0.25) is 10.0 Å². The number of sulfonamides is 2. The van der Waals surface area contributed by atoms with Gasteiger partial charge in [0, 0.05) is 0 Å². The molecule has 0 aliphatic heterocycles. The third-order valence-corrected chi connectivity index (χ3v) is 5.01. The van der Waals surface area contributed by atoms with Crippen molar-refractivity contribution in [3.05, 3.63) is 35.9 Å². The Morgan fingerprint density at radius 2 is 1.90 bits per heavy atom. The molecule has 11 heteroatoms. The molecule has 0 unspecified atom stereocenters. The Balaban J connectivity index is 2.54. The van der Waals surface area contributed by atoms with Crippen LogP contribution < -0.4 is 9.86 Å². The lowest BCUT2D eigenvalue weighted by atomic mass is 10.3. The summed E-state index contributed by atoms with van der Waals surface area (Å²) >= 11 is 0. The van der Waals surface area contributed by atoms with Crippen molar-refractivity contribution in [2.75, 3.05) is 4.72 Å². The lowest BCUT2D eigenvalue weighted by molar-refractivity contribution is 0.597. The predicted molar refractivity (Wildman–Crippen MR) is 71.9 cm³/mol. The third-order valence-electron chi connectivity index (χ3n) is 2.57. The molecular formula is C10H11FN4O4S2. The van der Waals surface area contributed by atoms with Gasteiger partial charge in [0.25, 0.3) is 10.0 Å². The minimum absolute atomic E-state index is 0.188. The summed E-state index contributed by atoms with van der Waals surface area (Å²) in [7, 11) is -8.35. The predicted octanol–water partition coefficient (Wildman–Crippen LogP) is 0.305. The molecule has 0 radical (unpaired) electrons. The molecule has 2 rings (SSSR count). The number of hydrogen-bond acceptors (Lipinski definition) is 5. The second-order valence-corrected chi connectivity index (χ2v) is 7.33. The Bertz CT molecular complexity index is 890. The van der Waals surface area contributed by atoms with Crippen LogP contribution in [0.25, 0.3) is 0 Å². The van der Waals surface area contributed by atoms with E-state index in [0.717, 1.165) is 24.4 Å². The van der Waals surface area contributed by atoms with E-state index in [1.54, 1.807) is 0 Å². The lowest BCUT2D eigenvalue weighted by Crippen LogP contribution is -2.19. The largest absolute Gasteiger partial charge is 0.281 e. The molecule has 0 amide bonds. The molecule has 1 aromatic carbocycles. The zero-order chi connectivity index (χ0) is 15.8. The van der Waals surface area contributed by atoms with Crippen molar-refractivity contribution in [2.24, 2.45) is 5.14 Å². The van der Waals surface area contributed by atoms with E-state index in [9.17, 15) is 21.2 Å². The maximum absolute atomic E-state index is 13.2. The molecular weight excluding hydrogens is 323 g/mol. The van der Waals surface area contributed by atoms with Crippen LogP contribution in [0.15, 0.2) is 34.2 Å². The average molecular weight is 334 g/mol. The molecule has 8 nitrogen and oxygen atoms in total. The molecule has 1 aromatic heterocycles. The van der Waals surface area contributed by atoms with E-state index in [2.05, 4.69) is 10.2 Å². The monoisotopic (exact) mass is 334 g/mol. The molecule has 0 saturated carbocycles. The first-order valence-electron chi connectivity index (χ1n) is 5.46. The van der Waals surface area contributed by atoms with E-state index in [1.807, 2.05) is 4.72 Å². The molecule has 2 aromatic rings. The van der Waals surface area contributed by atoms with Crippen LogP contribution in [0.3, 0.4) is 0 Å². The molecule has 114 valence electrons. The van der Waals surface area contributed by atoms with E-state index < -0.39 is 36.4 Å². The molecule has 0 aliphatic rings. The summed E-state index contributed by atoms with van der Waals surface area (Å²) in [5.41, 5.74) is -0.228. The number of H-pyrrole nitrogens is 1. The van der Waals surface area contributed by atoms with Crippen LogP contribution in [-0.2, 0) is 20.0 Å². The summed E-state index contributed by atoms with van der Waals surface area (Å²) in [6, 6.07) is 2.47. The Kier molecular flexibility index (Phi) is 3.74. The van der Waals surface area contributed by atoms with Crippen LogP contribution in [0.5, 0.6) is 0 Å². The summed E-state index contributed by atoms with van der Waals surface area (Å²) < 4.78 is 62.3. The third kappa shape index (κ3) is 3.20. The van der Waals surface area contributed by atoms with E-state index in [-0.39, 0.29) is 10.6 Å².